The maximum absolute atomic E-state index is 10.4. The quantitative estimate of drug-likeness (QED) is 0.572. The summed E-state index contributed by atoms with van der Waals surface area (Å²) < 4.78 is 8.59. The number of rotatable bonds is 4. The lowest BCUT2D eigenvalue weighted by Gasteiger charge is -2.10. The number of carbonyl (C=O) groups is 2. The molecule has 0 saturated carbocycles. The Morgan fingerprint density at radius 1 is 1.54 bits per heavy atom. The van der Waals surface area contributed by atoms with E-state index in [0.29, 0.717) is 0 Å². The zero-order chi connectivity index (χ0) is 10.3. The highest BCUT2D eigenvalue weighted by Gasteiger charge is 2.08. The number of aliphatic hydroxyl groups is 1. The summed E-state index contributed by atoms with van der Waals surface area (Å²) in [6.07, 6.45) is -1.77. The molecule has 0 aliphatic carbocycles. The van der Waals surface area contributed by atoms with Gasteiger partial charge in [0.15, 0.2) is 0 Å². The van der Waals surface area contributed by atoms with Gasteiger partial charge in [-0.25, -0.2) is 4.79 Å². The van der Waals surface area contributed by atoms with Crippen LogP contribution in [0.25, 0.3) is 0 Å². The molecule has 0 spiro atoms. The molecule has 0 heterocycles. The summed E-state index contributed by atoms with van der Waals surface area (Å²) in [4.78, 5) is 20.8. The molecule has 0 aromatic carbocycles. The lowest BCUT2D eigenvalue weighted by Crippen LogP contribution is -2.33. The van der Waals surface area contributed by atoms with Crippen molar-refractivity contribution < 1.29 is 24.2 Å². The van der Waals surface area contributed by atoms with Crippen molar-refractivity contribution in [1.29, 1.82) is 0 Å². The Kier molecular flexibility index (Phi) is 5.62. The molecule has 1 unspecified atom stereocenters. The van der Waals surface area contributed by atoms with Crippen LogP contribution in [0.1, 0.15) is 6.92 Å². The zero-order valence-electron chi connectivity index (χ0n) is 7.57. The van der Waals surface area contributed by atoms with Crippen LogP contribution in [-0.4, -0.2) is 43.5 Å². The normalized spacial score (nSPS) is 11.6. The van der Waals surface area contributed by atoms with Gasteiger partial charge in [0.2, 0.25) is 5.91 Å². The van der Waals surface area contributed by atoms with Crippen LogP contribution in [-0.2, 0) is 14.3 Å². The molecule has 13 heavy (non-hydrogen) atoms. The van der Waals surface area contributed by atoms with Gasteiger partial charge in [-0.15, -0.1) is 0 Å². The molecule has 0 aliphatic rings. The summed E-state index contributed by atoms with van der Waals surface area (Å²) in [5.41, 5.74) is 0. The van der Waals surface area contributed by atoms with Gasteiger partial charge in [0, 0.05) is 13.5 Å². The monoisotopic (exact) mass is 191 g/mol. The molecule has 1 atom stereocenters. The van der Waals surface area contributed by atoms with E-state index in [2.05, 4.69) is 14.8 Å². The van der Waals surface area contributed by atoms with Gasteiger partial charge in [-0.3, -0.25) is 4.79 Å². The number of hydrogen-bond donors (Lipinski definition) is 2. The van der Waals surface area contributed by atoms with Gasteiger partial charge in [-0.05, 0) is 0 Å². The van der Waals surface area contributed by atoms with E-state index in [-0.39, 0.29) is 19.1 Å². The van der Waals surface area contributed by atoms with Crippen molar-refractivity contribution in [2.75, 3.05) is 20.3 Å². The summed E-state index contributed by atoms with van der Waals surface area (Å²) in [6.45, 7) is 1.17. The Balaban J connectivity index is 3.45. The van der Waals surface area contributed by atoms with Gasteiger partial charge < -0.3 is 19.9 Å². The number of ether oxygens (including phenoxy) is 2. The Morgan fingerprint density at radius 2 is 2.15 bits per heavy atom. The fraction of sp³-hybridized carbons (Fsp3) is 0.714. The average Bonchev–Trinajstić information content (AvgIpc) is 2.10. The molecule has 0 aromatic rings. The molecule has 76 valence electrons. The van der Waals surface area contributed by atoms with E-state index in [1.54, 1.807) is 0 Å². The van der Waals surface area contributed by atoms with Crippen LogP contribution in [0.5, 0.6) is 0 Å². The molecule has 0 radical (unpaired) electrons. The molecule has 0 rings (SSSR count). The van der Waals surface area contributed by atoms with Crippen LogP contribution in [0.3, 0.4) is 0 Å². The Labute approximate surface area is 75.8 Å². The lowest BCUT2D eigenvalue weighted by atomic mass is 10.4. The molecule has 6 heteroatoms. The van der Waals surface area contributed by atoms with Crippen molar-refractivity contribution in [1.82, 2.24) is 5.32 Å². The first-order chi connectivity index (χ1) is 6.06. The molecular weight excluding hydrogens is 178 g/mol. The van der Waals surface area contributed by atoms with Crippen molar-refractivity contribution in [3.05, 3.63) is 0 Å². The number of amides is 1. The number of aliphatic hydroxyl groups excluding tert-OH is 1. The second-order valence-corrected chi connectivity index (χ2v) is 2.36. The summed E-state index contributed by atoms with van der Waals surface area (Å²) in [7, 11) is 1.17. The summed E-state index contributed by atoms with van der Waals surface area (Å²) in [5, 5.41) is 11.5. The Hall–Kier alpha value is -1.30. The van der Waals surface area contributed by atoms with Crippen molar-refractivity contribution in [3.63, 3.8) is 0 Å². The first kappa shape index (κ1) is 11.7. The maximum atomic E-state index is 10.4. The average molecular weight is 191 g/mol. The molecular formula is C7H13NO5. The Morgan fingerprint density at radius 3 is 2.62 bits per heavy atom. The number of carbonyl (C=O) groups excluding carboxylic acids is 2. The topological polar surface area (TPSA) is 84.9 Å². The van der Waals surface area contributed by atoms with E-state index in [9.17, 15) is 9.59 Å². The fourth-order valence-corrected chi connectivity index (χ4v) is 0.544. The third-order valence-corrected chi connectivity index (χ3v) is 1.15. The third kappa shape index (κ3) is 7.07. The zero-order valence-corrected chi connectivity index (χ0v) is 7.57. The summed E-state index contributed by atoms with van der Waals surface area (Å²) in [5.74, 6) is -0.253. The van der Waals surface area contributed by atoms with E-state index in [1.807, 2.05) is 0 Å². The van der Waals surface area contributed by atoms with Gasteiger partial charge in [-0.1, -0.05) is 0 Å². The van der Waals surface area contributed by atoms with E-state index in [0.717, 1.165) is 0 Å². The highest BCUT2D eigenvalue weighted by Crippen LogP contribution is 1.87. The van der Waals surface area contributed by atoms with Gasteiger partial charge in [0.1, 0.15) is 12.7 Å². The van der Waals surface area contributed by atoms with E-state index in [1.165, 1.54) is 14.0 Å². The number of nitrogens with one attached hydrogen (secondary N) is 1. The molecule has 0 aliphatic heterocycles. The number of methoxy groups -OCH3 is 1. The molecule has 0 fully saturated rings. The molecule has 0 aromatic heterocycles. The highest BCUT2D eigenvalue weighted by atomic mass is 16.7. The van der Waals surface area contributed by atoms with Gasteiger partial charge in [-0.2, -0.15) is 0 Å². The fourth-order valence-electron chi connectivity index (χ4n) is 0.544. The van der Waals surface area contributed by atoms with Crippen LogP contribution in [0, 0.1) is 0 Å². The van der Waals surface area contributed by atoms with Crippen LogP contribution in [0.4, 0.5) is 4.79 Å². The Bertz CT molecular complexity index is 182. The predicted molar refractivity (Wildman–Crippen MR) is 43.0 cm³/mol. The van der Waals surface area contributed by atoms with Crippen LogP contribution < -0.4 is 5.32 Å². The molecule has 6 nitrogen and oxygen atoms in total. The summed E-state index contributed by atoms with van der Waals surface area (Å²) in [6, 6.07) is 0. The standard InChI is InChI=1S/C7H13NO5/c1-5(9)8-3-6(10)4-13-7(11)12-2/h6,10H,3-4H2,1-2H3,(H,8,9). The third-order valence-electron chi connectivity index (χ3n) is 1.15. The van der Waals surface area contributed by atoms with E-state index < -0.39 is 12.3 Å². The predicted octanol–water partition coefficient (Wildman–Crippen LogP) is -0.734. The SMILES string of the molecule is COC(=O)OCC(O)CNC(C)=O. The van der Waals surface area contributed by atoms with Crippen LogP contribution in [0.15, 0.2) is 0 Å². The molecule has 1 amide bonds. The van der Waals surface area contributed by atoms with Crippen molar-refractivity contribution in [3.8, 4) is 0 Å². The largest absolute Gasteiger partial charge is 0.508 e. The first-order valence-electron chi connectivity index (χ1n) is 3.69. The second kappa shape index (κ2) is 6.24. The van der Waals surface area contributed by atoms with E-state index in [4.69, 9.17) is 5.11 Å². The van der Waals surface area contributed by atoms with Gasteiger partial charge >= 0.3 is 6.16 Å². The van der Waals surface area contributed by atoms with E-state index >= 15 is 0 Å². The first-order valence-corrected chi connectivity index (χ1v) is 3.69. The number of hydrogen-bond acceptors (Lipinski definition) is 5. The molecule has 0 bridgehead atoms. The molecule has 0 saturated heterocycles. The van der Waals surface area contributed by atoms with Crippen LogP contribution in [0.2, 0.25) is 0 Å². The smallest absolute Gasteiger partial charge is 0.438 e. The van der Waals surface area contributed by atoms with Crippen molar-refractivity contribution in [2.45, 2.75) is 13.0 Å². The minimum absolute atomic E-state index is 0.0479. The minimum atomic E-state index is -0.914. The minimum Gasteiger partial charge on any atom is -0.438 e. The maximum Gasteiger partial charge on any atom is 0.508 e. The molecule has 2 N–H and O–H groups in total. The van der Waals surface area contributed by atoms with Crippen molar-refractivity contribution in [2.24, 2.45) is 0 Å². The van der Waals surface area contributed by atoms with Crippen LogP contribution >= 0.6 is 0 Å². The highest BCUT2D eigenvalue weighted by molar-refractivity contribution is 5.72. The second-order valence-electron chi connectivity index (χ2n) is 2.36. The lowest BCUT2D eigenvalue weighted by molar-refractivity contribution is -0.119. The summed E-state index contributed by atoms with van der Waals surface area (Å²) >= 11 is 0. The van der Waals surface area contributed by atoms with Crippen molar-refractivity contribution >= 4 is 12.1 Å². The van der Waals surface area contributed by atoms with Gasteiger partial charge in [0.05, 0.1) is 7.11 Å². The van der Waals surface area contributed by atoms with Gasteiger partial charge in [0.25, 0.3) is 0 Å².